The maximum Gasteiger partial charge on any atom is 0.0855 e. The number of fused-ring (bicyclic) bond motifs is 9. The van der Waals surface area contributed by atoms with Gasteiger partial charge in [0.25, 0.3) is 0 Å². The Kier molecular flexibility index (Phi) is 8.25. The molecule has 1 unspecified atom stereocenters. The Labute approximate surface area is 318 Å². The SMILES string of the molecule is C=C/C=C(\C=C)c1ccc2c(c1)c1ccccc1c1ccccc1c1cc(-c3ccccc3)ccc1n2-c1ccc2c(c1)C(C)(C)c1ccccc1S2=O. The zero-order valence-electron chi connectivity index (χ0n) is 30.4. The zero-order valence-corrected chi connectivity index (χ0v) is 31.2. The fourth-order valence-electron chi connectivity index (χ4n) is 8.32. The second-order valence-corrected chi connectivity index (χ2v) is 15.8. The van der Waals surface area contributed by atoms with Gasteiger partial charge in [-0.25, -0.2) is 4.21 Å². The molecule has 0 aliphatic carbocycles. The van der Waals surface area contributed by atoms with Crippen molar-refractivity contribution in [1.82, 2.24) is 4.57 Å². The van der Waals surface area contributed by atoms with Gasteiger partial charge in [0.05, 0.1) is 21.8 Å². The Bertz CT molecular complexity index is 2960. The predicted molar refractivity (Wildman–Crippen MR) is 230 cm³/mol. The lowest BCUT2D eigenvalue weighted by Gasteiger charge is -2.34. The molecule has 0 fully saturated rings. The summed E-state index contributed by atoms with van der Waals surface area (Å²) in [4.78, 5) is 1.75. The molecule has 7 aromatic carbocycles. The molecule has 0 bridgehead atoms. The van der Waals surface area contributed by atoms with Crippen LogP contribution in [0.1, 0.15) is 30.5 Å². The van der Waals surface area contributed by atoms with Gasteiger partial charge in [-0.15, -0.1) is 0 Å². The summed E-state index contributed by atoms with van der Waals surface area (Å²) in [7, 11) is -1.29. The van der Waals surface area contributed by atoms with E-state index in [0.29, 0.717) is 0 Å². The third-order valence-electron chi connectivity index (χ3n) is 11.0. The van der Waals surface area contributed by atoms with Crippen LogP contribution in [0.25, 0.3) is 65.7 Å². The molecule has 54 heavy (non-hydrogen) atoms. The van der Waals surface area contributed by atoms with Gasteiger partial charge in [-0.1, -0.05) is 154 Å². The van der Waals surface area contributed by atoms with E-state index in [1.165, 1.54) is 5.39 Å². The van der Waals surface area contributed by atoms with Gasteiger partial charge in [-0.2, -0.15) is 0 Å². The predicted octanol–water partition coefficient (Wildman–Crippen LogP) is 13.4. The molecular formula is C51H39NOS. The van der Waals surface area contributed by atoms with Crippen molar-refractivity contribution in [1.29, 1.82) is 0 Å². The highest BCUT2D eigenvalue weighted by Crippen LogP contribution is 2.45. The molecular weight excluding hydrogens is 675 g/mol. The molecule has 8 aromatic rings. The van der Waals surface area contributed by atoms with Gasteiger partial charge >= 0.3 is 0 Å². The van der Waals surface area contributed by atoms with Crippen molar-refractivity contribution in [2.75, 3.05) is 0 Å². The van der Waals surface area contributed by atoms with Crippen molar-refractivity contribution in [2.45, 2.75) is 29.1 Å². The molecule has 1 aliphatic heterocycles. The number of hydrogen-bond donors (Lipinski definition) is 0. The van der Waals surface area contributed by atoms with Crippen molar-refractivity contribution in [2.24, 2.45) is 0 Å². The van der Waals surface area contributed by atoms with E-state index in [9.17, 15) is 4.21 Å². The van der Waals surface area contributed by atoms with E-state index in [4.69, 9.17) is 0 Å². The molecule has 1 aromatic heterocycles. The van der Waals surface area contributed by atoms with Crippen LogP contribution in [-0.4, -0.2) is 8.78 Å². The molecule has 1 atom stereocenters. The fourth-order valence-corrected chi connectivity index (χ4v) is 9.99. The monoisotopic (exact) mass is 713 g/mol. The van der Waals surface area contributed by atoms with Crippen LogP contribution in [0.4, 0.5) is 0 Å². The van der Waals surface area contributed by atoms with Crippen LogP contribution < -0.4 is 0 Å². The molecule has 2 heterocycles. The Hall–Kier alpha value is -6.29. The number of allylic oxidation sites excluding steroid dienone is 4. The fraction of sp³-hybridized carbons (Fsp3) is 0.0588. The van der Waals surface area contributed by atoms with Crippen LogP contribution in [0.2, 0.25) is 0 Å². The average Bonchev–Trinajstić information content (AvgIpc) is 3.26. The van der Waals surface area contributed by atoms with Gasteiger partial charge in [0.15, 0.2) is 0 Å². The average molecular weight is 714 g/mol. The van der Waals surface area contributed by atoms with Crippen LogP contribution in [0.15, 0.2) is 199 Å². The maximum absolute atomic E-state index is 14.1. The summed E-state index contributed by atoms with van der Waals surface area (Å²) in [5.74, 6) is 0. The van der Waals surface area contributed by atoms with Crippen molar-refractivity contribution in [3.8, 4) is 16.8 Å². The normalized spacial score (nSPS) is 14.8. The van der Waals surface area contributed by atoms with E-state index in [-0.39, 0.29) is 5.41 Å². The molecule has 0 radical (unpaired) electrons. The first-order chi connectivity index (χ1) is 26.4. The number of aromatic nitrogens is 1. The smallest absolute Gasteiger partial charge is 0.0855 e. The zero-order chi connectivity index (χ0) is 37.0. The minimum Gasteiger partial charge on any atom is -0.309 e. The quantitative estimate of drug-likeness (QED) is 0.163. The third-order valence-corrected chi connectivity index (χ3v) is 12.5. The van der Waals surface area contributed by atoms with E-state index in [0.717, 1.165) is 86.8 Å². The first-order valence-electron chi connectivity index (χ1n) is 18.3. The van der Waals surface area contributed by atoms with Crippen molar-refractivity contribution in [3.63, 3.8) is 0 Å². The van der Waals surface area contributed by atoms with Crippen molar-refractivity contribution >= 4 is 59.7 Å². The Morgan fingerprint density at radius 3 is 1.80 bits per heavy atom. The van der Waals surface area contributed by atoms with Crippen molar-refractivity contribution < 1.29 is 4.21 Å². The van der Waals surface area contributed by atoms with Crippen LogP contribution in [0.3, 0.4) is 0 Å². The summed E-state index contributed by atoms with van der Waals surface area (Å²) in [5, 5.41) is 6.85. The summed E-state index contributed by atoms with van der Waals surface area (Å²) in [6.45, 7) is 12.6. The lowest BCUT2D eigenvalue weighted by Crippen LogP contribution is -2.27. The van der Waals surface area contributed by atoms with Crippen LogP contribution in [0, 0.1) is 0 Å². The van der Waals surface area contributed by atoms with Crippen LogP contribution in [0.5, 0.6) is 0 Å². The topological polar surface area (TPSA) is 22.0 Å². The standard InChI is InChI=1S/C51H39NOS/c1-5-16-34(6-2)36-25-28-47-43(31-36)41-21-12-10-19-39(41)40-20-11-13-22-42(40)44-32-37(35-17-8-7-9-18-35)26-29-48(44)52(47)38-27-30-50-46(33-38)51(3,4)45-23-14-15-24-49(45)54(50)53/h5-33H,1-2H2,3-4H3/b34-16+. The number of benzene rings is 7. The lowest BCUT2D eigenvalue weighted by molar-refractivity contribution is 0.593. The molecule has 260 valence electrons. The molecule has 0 saturated carbocycles. The highest BCUT2D eigenvalue weighted by atomic mass is 32.2. The van der Waals surface area contributed by atoms with E-state index in [1.54, 1.807) is 0 Å². The molecule has 3 heteroatoms. The van der Waals surface area contributed by atoms with Gasteiger partial charge in [-0.05, 0) is 103 Å². The molecule has 0 amide bonds. The molecule has 0 saturated heterocycles. The molecule has 0 spiro atoms. The van der Waals surface area contributed by atoms with Gasteiger partial charge in [0.1, 0.15) is 0 Å². The minimum atomic E-state index is -1.29. The maximum atomic E-state index is 14.1. The van der Waals surface area contributed by atoms with Gasteiger partial charge in [0.2, 0.25) is 0 Å². The molecule has 0 N–H and O–H groups in total. The second kappa shape index (κ2) is 13.3. The number of hydrogen-bond acceptors (Lipinski definition) is 1. The van der Waals surface area contributed by atoms with E-state index in [2.05, 4.69) is 177 Å². The highest BCUT2D eigenvalue weighted by Gasteiger charge is 2.36. The first kappa shape index (κ1) is 33.5. The minimum absolute atomic E-state index is 0.365. The largest absolute Gasteiger partial charge is 0.309 e. The van der Waals surface area contributed by atoms with Gasteiger partial charge in [-0.3, -0.25) is 0 Å². The van der Waals surface area contributed by atoms with Crippen LogP contribution >= 0.6 is 0 Å². The molecule has 2 nitrogen and oxygen atoms in total. The van der Waals surface area contributed by atoms with Gasteiger partial charge in [0, 0.05) is 31.7 Å². The summed E-state index contributed by atoms with van der Waals surface area (Å²) < 4.78 is 16.5. The van der Waals surface area contributed by atoms with E-state index in [1.807, 2.05) is 30.4 Å². The summed E-state index contributed by atoms with van der Waals surface area (Å²) in [5.41, 5.74) is 9.29. The Morgan fingerprint density at radius 2 is 1.13 bits per heavy atom. The molecule has 9 rings (SSSR count). The van der Waals surface area contributed by atoms with Gasteiger partial charge < -0.3 is 4.57 Å². The third kappa shape index (κ3) is 5.35. The molecule has 1 aliphatic rings. The second-order valence-electron chi connectivity index (χ2n) is 14.4. The van der Waals surface area contributed by atoms with Crippen LogP contribution in [-0.2, 0) is 16.2 Å². The summed E-state index contributed by atoms with van der Waals surface area (Å²) in [6, 6.07) is 56.3. The summed E-state index contributed by atoms with van der Waals surface area (Å²) >= 11 is 0. The summed E-state index contributed by atoms with van der Waals surface area (Å²) in [6.07, 6.45) is 5.71. The number of nitrogens with zero attached hydrogens (tertiary/aromatic N) is 1. The highest BCUT2D eigenvalue weighted by molar-refractivity contribution is 7.85. The number of rotatable bonds is 5. The van der Waals surface area contributed by atoms with E-state index < -0.39 is 10.8 Å². The Morgan fingerprint density at radius 1 is 0.556 bits per heavy atom. The first-order valence-corrected chi connectivity index (χ1v) is 19.5. The van der Waals surface area contributed by atoms with Crippen molar-refractivity contribution in [3.05, 3.63) is 206 Å². The van der Waals surface area contributed by atoms with E-state index >= 15 is 0 Å². The Balaban J connectivity index is 1.52. The lowest BCUT2D eigenvalue weighted by atomic mass is 9.77.